The van der Waals surface area contributed by atoms with Crippen LogP contribution in [-0.2, 0) is 4.74 Å². The van der Waals surface area contributed by atoms with E-state index in [0.717, 1.165) is 0 Å². The number of anilines is 1. The molecule has 0 fully saturated rings. The number of esters is 1. The van der Waals surface area contributed by atoms with Gasteiger partial charge in [0.25, 0.3) is 0 Å². The number of nitrogen functional groups attached to an aromatic ring is 1. The van der Waals surface area contributed by atoms with Crippen LogP contribution in [0.2, 0.25) is 5.02 Å². The molecule has 2 heterocycles. The molecule has 0 amide bonds. The fourth-order valence-electron chi connectivity index (χ4n) is 1.78. The van der Waals surface area contributed by atoms with Crippen molar-refractivity contribution in [2.24, 2.45) is 0 Å². The standard InChI is InChI=1S/C12H12ClN3O3/c1-3-19-12(18)8-5-15-16-10(8)9(13)4-7(6(2)17)11(16)14/h4-5H,3,14H2,1-2H3. The van der Waals surface area contributed by atoms with Gasteiger partial charge in [0.2, 0.25) is 0 Å². The van der Waals surface area contributed by atoms with Gasteiger partial charge in [0.05, 0.1) is 23.4 Å². The lowest BCUT2D eigenvalue weighted by molar-refractivity contribution is 0.0528. The van der Waals surface area contributed by atoms with Crippen LogP contribution < -0.4 is 5.73 Å². The first-order valence-corrected chi connectivity index (χ1v) is 5.99. The number of ether oxygens (including phenoxy) is 1. The van der Waals surface area contributed by atoms with E-state index < -0.39 is 5.97 Å². The molecule has 0 radical (unpaired) electrons. The molecule has 2 N–H and O–H groups in total. The van der Waals surface area contributed by atoms with Crippen LogP contribution in [0.15, 0.2) is 12.3 Å². The molecule has 0 saturated heterocycles. The highest BCUT2D eigenvalue weighted by atomic mass is 35.5. The maximum absolute atomic E-state index is 11.8. The monoisotopic (exact) mass is 281 g/mol. The highest BCUT2D eigenvalue weighted by Crippen LogP contribution is 2.27. The molecule has 7 heteroatoms. The summed E-state index contributed by atoms with van der Waals surface area (Å²) in [5, 5.41) is 4.20. The minimum absolute atomic E-state index is 0.141. The lowest BCUT2D eigenvalue weighted by Crippen LogP contribution is -2.09. The Morgan fingerprint density at radius 3 is 2.74 bits per heavy atom. The zero-order valence-electron chi connectivity index (χ0n) is 10.4. The average molecular weight is 282 g/mol. The summed E-state index contributed by atoms with van der Waals surface area (Å²) >= 11 is 6.09. The predicted molar refractivity (Wildman–Crippen MR) is 70.6 cm³/mol. The Hall–Kier alpha value is -2.08. The van der Waals surface area contributed by atoms with Gasteiger partial charge in [0.15, 0.2) is 5.78 Å². The van der Waals surface area contributed by atoms with Crippen molar-refractivity contribution in [3.05, 3.63) is 28.4 Å². The molecule has 0 aliphatic rings. The van der Waals surface area contributed by atoms with E-state index >= 15 is 0 Å². The number of carbonyl (C=O) groups is 2. The fourth-order valence-corrected chi connectivity index (χ4v) is 2.08. The molecular weight excluding hydrogens is 270 g/mol. The van der Waals surface area contributed by atoms with Crippen molar-refractivity contribution in [1.82, 2.24) is 9.61 Å². The summed E-state index contributed by atoms with van der Waals surface area (Å²) in [7, 11) is 0. The molecule has 0 aliphatic heterocycles. The second-order valence-electron chi connectivity index (χ2n) is 3.89. The third-order valence-electron chi connectivity index (χ3n) is 2.65. The van der Waals surface area contributed by atoms with Crippen LogP contribution in [0.3, 0.4) is 0 Å². The van der Waals surface area contributed by atoms with E-state index in [1.807, 2.05) is 0 Å². The van der Waals surface area contributed by atoms with Gasteiger partial charge >= 0.3 is 5.97 Å². The van der Waals surface area contributed by atoms with Gasteiger partial charge in [-0.05, 0) is 19.9 Å². The fraction of sp³-hybridized carbons (Fsp3) is 0.250. The highest BCUT2D eigenvalue weighted by molar-refractivity contribution is 6.35. The van der Waals surface area contributed by atoms with Gasteiger partial charge in [-0.25, -0.2) is 9.31 Å². The first-order valence-electron chi connectivity index (χ1n) is 5.61. The third-order valence-corrected chi connectivity index (χ3v) is 2.93. The summed E-state index contributed by atoms with van der Waals surface area (Å²) in [6, 6.07) is 1.43. The SMILES string of the molecule is CCOC(=O)c1cnn2c(N)c(C(C)=O)cc(Cl)c12. The highest BCUT2D eigenvalue weighted by Gasteiger charge is 2.20. The van der Waals surface area contributed by atoms with Crippen molar-refractivity contribution in [3.8, 4) is 0 Å². The molecule has 100 valence electrons. The second-order valence-corrected chi connectivity index (χ2v) is 4.29. The maximum Gasteiger partial charge on any atom is 0.342 e. The number of hydrogen-bond acceptors (Lipinski definition) is 5. The number of carbonyl (C=O) groups excluding carboxylic acids is 2. The Morgan fingerprint density at radius 2 is 2.16 bits per heavy atom. The number of hydrogen-bond donors (Lipinski definition) is 1. The Labute approximate surface area is 114 Å². The number of halogens is 1. The third kappa shape index (κ3) is 2.15. The molecule has 0 unspecified atom stereocenters. The Morgan fingerprint density at radius 1 is 1.47 bits per heavy atom. The summed E-state index contributed by atoms with van der Waals surface area (Å²) in [5.74, 6) is -0.619. The number of Topliss-reactive ketones (excluding diaryl/α,β-unsaturated/α-hetero) is 1. The summed E-state index contributed by atoms with van der Waals surface area (Å²) in [4.78, 5) is 23.2. The second kappa shape index (κ2) is 4.89. The van der Waals surface area contributed by atoms with Gasteiger partial charge < -0.3 is 10.5 Å². The van der Waals surface area contributed by atoms with Crippen LogP contribution in [0.5, 0.6) is 0 Å². The normalized spacial score (nSPS) is 10.7. The van der Waals surface area contributed by atoms with E-state index in [0.29, 0.717) is 5.52 Å². The maximum atomic E-state index is 11.8. The van der Waals surface area contributed by atoms with Gasteiger partial charge in [-0.1, -0.05) is 11.6 Å². The van der Waals surface area contributed by atoms with Crippen molar-refractivity contribution in [2.45, 2.75) is 13.8 Å². The number of pyridine rings is 1. The van der Waals surface area contributed by atoms with Crippen LogP contribution in [0.4, 0.5) is 5.82 Å². The number of ketones is 1. The molecule has 0 saturated carbocycles. The number of fused-ring (bicyclic) bond motifs is 1. The molecule has 2 aromatic heterocycles. The van der Waals surface area contributed by atoms with E-state index in [4.69, 9.17) is 22.1 Å². The smallest absolute Gasteiger partial charge is 0.342 e. The number of nitrogens with zero attached hydrogens (tertiary/aromatic N) is 2. The first-order chi connectivity index (χ1) is 8.97. The molecule has 2 aromatic rings. The van der Waals surface area contributed by atoms with Gasteiger partial charge in [-0.2, -0.15) is 5.10 Å². The molecule has 6 nitrogen and oxygen atoms in total. The van der Waals surface area contributed by atoms with Crippen LogP contribution >= 0.6 is 11.6 Å². The van der Waals surface area contributed by atoms with Crippen molar-refractivity contribution >= 4 is 34.7 Å². The van der Waals surface area contributed by atoms with Crippen LogP contribution in [0.1, 0.15) is 34.6 Å². The molecule has 2 rings (SSSR count). The van der Waals surface area contributed by atoms with E-state index in [1.165, 1.54) is 23.7 Å². The van der Waals surface area contributed by atoms with Crippen LogP contribution in [-0.4, -0.2) is 28.0 Å². The van der Waals surface area contributed by atoms with E-state index in [1.54, 1.807) is 6.92 Å². The van der Waals surface area contributed by atoms with E-state index in [9.17, 15) is 9.59 Å². The molecule has 0 spiro atoms. The minimum Gasteiger partial charge on any atom is -0.462 e. The predicted octanol–water partition coefficient (Wildman–Crippen LogP) is 1.95. The quantitative estimate of drug-likeness (QED) is 0.686. The van der Waals surface area contributed by atoms with Gasteiger partial charge in [-0.15, -0.1) is 0 Å². The zero-order chi connectivity index (χ0) is 14.2. The number of rotatable bonds is 3. The molecule has 19 heavy (non-hydrogen) atoms. The molecule has 0 aliphatic carbocycles. The van der Waals surface area contributed by atoms with Crippen LogP contribution in [0.25, 0.3) is 5.52 Å². The summed E-state index contributed by atoms with van der Waals surface area (Å²) < 4.78 is 6.18. The van der Waals surface area contributed by atoms with Crippen LogP contribution in [0, 0.1) is 0 Å². The first kappa shape index (κ1) is 13.4. The lowest BCUT2D eigenvalue weighted by atomic mass is 10.1. The van der Waals surface area contributed by atoms with Gasteiger partial charge in [0.1, 0.15) is 16.9 Å². The minimum atomic E-state index is -0.533. The Balaban J connectivity index is 2.71. The summed E-state index contributed by atoms with van der Waals surface area (Å²) in [6.45, 7) is 3.33. The van der Waals surface area contributed by atoms with E-state index in [-0.39, 0.29) is 34.4 Å². The topological polar surface area (TPSA) is 86.7 Å². The largest absolute Gasteiger partial charge is 0.462 e. The van der Waals surface area contributed by atoms with Gasteiger partial charge in [-0.3, -0.25) is 4.79 Å². The van der Waals surface area contributed by atoms with Crippen molar-refractivity contribution in [1.29, 1.82) is 0 Å². The lowest BCUT2D eigenvalue weighted by Gasteiger charge is -2.07. The summed E-state index contributed by atoms with van der Waals surface area (Å²) in [6.07, 6.45) is 1.32. The Bertz CT molecular complexity index is 678. The molecule has 0 aromatic carbocycles. The number of aromatic nitrogens is 2. The molecular formula is C12H12ClN3O3. The van der Waals surface area contributed by atoms with Crippen molar-refractivity contribution in [3.63, 3.8) is 0 Å². The average Bonchev–Trinajstić information content (AvgIpc) is 2.79. The summed E-state index contributed by atoms with van der Waals surface area (Å²) in [5.41, 5.74) is 6.66. The molecule has 0 bridgehead atoms. The Kier molecular flexibility index (Phi) is 3.44. The van der Waals surface area contributed by atoms with Crippen molar-refractivity contribution in [2.75, 3.05) is 12.3 Å². The zero-order valence-corrected chi connectivity index (χ0v) is 11.2. The molecule has 0 atom stereocenters. The van der Waals surface area contributed by atoms with Gasteiger partial charge in [0, 0.05) is 0 Å². The number of nitrogens with two attached hydrogens (primary N) is 1. The van der Waals surface area contributed by atoms with Crippen molar-refractivity contribution < 1.29 is 14.3 Å². The van der Waals surface area contributed by atoms with E-state index in [2.05, 4.69) is 5.10 Å².